The number of nitrogens with one attached hydrogen (secondary N) is 2. The van der Waals surface area contributed by atoms with Crippen LogP contribution in [0.1, 0.15) is 137 Å². The minimum Gasteiger partial charge on any atom is -0.444 e. The molecule has 210 valence electrons. The van der Waals surface area contributed by atoms with Crippen molar-refractivity contribution in [3.05, 3.63) is 12.2 Å². The third-order valence-electron chi connectivity index (χ3n) is 5.93. The summed E-state index contributed by atoms with van der Waals surface area (Å²) >= 11 is 0. The van der Waals surface area contributed by atoms with Crippen molar-refractivity contribution in [1.82, 2.24) is 10.6 Å². The molecule has 0 aromatic carbocycles. The lowest BCUT2D eigenvalue weighted by Gasteiger charge is -2.19. The van der Waals surface area contributed by atoms with Gasteiger partial charge in [0, 0.05) is 13.0 Å². The van der Waals surface area contributed by atoms with Crippen LogP contribution in [-0.4, -0.2) is 36.1 Å². The van der Waals surface area contributed by atoms with Gasteiger partial charge in [-0.3, -0.25) is 9.59 Å². The number of rotatable bonds is 22. The van der Waals surface area contributed by atoms with E-state index in [0.717, 1.165) is 25.7 Å². The lowest BCUT2D eigenvalue weighted by Crippen LogP contribution is -2.44. The molecule has 7 nitrogen and oxygen atoms in total. The number of carbonyl (C=O) groups is 3. The highest BCUT2D eigenvalue weighted by molar-refractivity contribution is 5.86. The Morgan fingerprint density at radius 2 is 1.36 bits per heavy atom. The van der Waals surface area contributed by atoms with Gasteiger partial charge in [-0.2, -0.15) is 0 Å². The summed E-state index contributed by atoms with van der Waals surface area (Å²) in [5, 5.41) is 5.45. The quantitative estimate of drug-likeness (QED) is 0.111. The van der Waals surface area contributed by atoms with Crippen LogP contribution in [-0.2, 0) is 14.3 Å². The van der Waals surface area contributed by atoms with Gasteiger partial charge < -0.3 is 21.1 Å². The summed E-state index contributed by atoms with van der Waals surface area (Å²) in [5.41, 5.74) is 4.92. The van der Waals surface area contributed by atoms with Crippen molar-refractivity contribution in [3.63, 3.8) is 0 Å². The molecular formula is C29H55N3O4. The van der Waals surface area contributed by atoms with Gasteiger partial charge in [0.05, 0.1) is 0 Å². The maximum atomic E-state index is 12.2. The molecule has 0 aromatic heterocycles. The lowest BCUT2D eigenvalue weighted by molar-refractivity contribution is -0.127. The molecule has 0 heterocycles. The first-order chi connectivity index (χ1) is 17.2. The minimum absolute atomic E-state index is 0.122. The number of carbonyl (C=O) groups excluding carboxylic acids is 3. The maximum Gasteiger partial charge on any atom is 0.407 e. The highest BCUT2D eigenvalue weighted by Gasteiger charge is 2.18. The van der Waals surface area contributed by atoms with E-state index in [-0.39, 0.29) is 5.91 Å². The first kappa shape index (κ1) is 34.0. The van der Waals surface area contributed by atoms with Crippen LogP contribution in [0.15, 0.2) is 12.2 Å². The molecule has 1 unspecified atom stereocenters. The average molecular weight is 510 g/mol. The van der Waals surface area contributed by atoms with Crippen molar-refractivity contribution >= 4 is 17.9 Å². The molecule has 0 aromatic rings. The Balaban J connectivity index is 3.73. The number of ether oxygens (including phenoxy) is 1. The van der Waals surface area contributed by atoms with E-state index in [2.05, 4.69) is 29.7 Å². The molecule has 0 aliphatic heterocycles. The highest BCUT2D eigenvalue weighted by Crippen LogP contribution is 2.11. The number of allylic oxidation sites excluding steroid dienone is 2. The summed E-state index contributed by atoms with van der Waals surface area (Å²) in [4.78, 5) is 35.5. The van der Waals surface area contributed by atoms with Crippen LogP contribution >= 0.6 is 0 Å². The third-order valence-corrected chi connectivity index (χ3v) is 5.93. The van der Waals surface area contributed by atoms with Crippen molar-refractivity contribution in [2.24, 2.45) is 5.73 Å². The van der Waals surface area contributed by atoms with Gasteiger partial charge in [0.1, 0.15) is 11.6 Å². The van der Waals surface area contributed by atoms with E-state index >= 15 is 0 Å². The Labute approximate surface area is 220 Å². The third kappa shape index (κ3) is 23.7. The predicted molar refractivity (Wildman–Crippen MR) is 149 cm³/mol. The molecule has 0 aliphatic rings. The van der Waals surface area contributed by atoms with Gasteiger partial charge in [-0.15, -0.1) is 0 Å². The Kier molecular flexibility index (Phi) is 20.9. The summed E-state index contributed by atoms with van der Waals surface area (Å²) in [6.07, 6.45) is 22.2. The first-order valence-corrected chi connectivity index (χ1v) is 14.4. The summed E-state index contributed by atoms with van der Waals surface area (Å²) in [5.74, 6) is -0.642. The number of hydrogen-bond donors (Lipinski definition) is 3. The van der Waals surface area contributed by atoms with Crippen LogP contribution in [0, 0.1) is 0 Å². The monoisotopic (exact) mass is 509 g/mol. The van der Waals surface area contributed by atoms with Crippen molar-refractivity contribution in [3.8, 4) is 0 Å². The molecule has 4 N–H and O–H groups in total. The largest absolute Gasteiger partial charge is 0.444 e. The Bertz CT molecular complexity index is 614. The van der Waals surface area contributed by atoms with Crippen molar-refractivity contribution in [2.45, 2.75) is 148 Å². The molecule has 1 atom stereocenters. The molecule has 0 aliphatic carbocycles. The molecule has 0 saturated carbocycles. The summed E-state index contributed by atoms with van der Waals surface area (Å²) in [6.45, 7) is 8.13. The number of alkyl carbamates (subject to hydrolysis) is 1. The topological polar surface area (TPSA) is 111 Å². The second-order valence-corrected chi connectivity index (χ2v) is 10.8. The normalized spacial score (nSPS) is 12.4. The predicted octanol–water partition coefficient (Wildman–Crippen LogP) is 6.69. The molecule has 0 fully saturated rings. The molecule has 3 amide bonds. The number of unbranched alkanes of at least 4 members (excludes halogenated alkanes) is 12. The first-order valence-electron chi connectivity index (χ1n) is 14.4. The minimum atomic E-state index is -0.665. The fourth-order valence-corrected chi connectivity index (χ4v) is 3.89. The van der Waals surface area contributed by atoms with Crippen molar-refractivity contribution in [1.29, 1.82) is 0 Å². The Morgan fingerprint density at radius 3 is 1.92 bits per heavy atom. The zero-order chi connectivity index (χ0) is 27.1. The molecule has 0 radical (unpaired) electrons. The standard InChI is InChI=1S/C29H55N3O4/c1-5-6-7-8-9-10-11-12-13-14-15-16-17-18-19-23-26(33)32-25(27(30)34)22-20-21-24-31-28(35)36-29(2,3)4/h12-13,25H,5-11,14-24H2,1-4H3,(H2,30,34)(H,31,35)(H,32,33)/b13-12-. The molecule has 7 heteroatoms. The molecule has 0 bridgehead atoms. The summed E-state index contributed by atoms with van der Waals surface area (Å²) in [6, 6.07) is -0.665. The van der Waals surface area contributed by atoms with Crippen molar-refractivity contribution < 1.29 is 19.1 Å². The average Bonchev–Trinajstić information content (AvgIpc) is 2.79. The zero-order valence-corrected chi connectivity index (χ0v) is 23.7. The highest BCUT2D eigenvalue weighted by atomic mass is 16.6. The smallest absolute Gasteiger partial charge is 0.407 e. The van der Waals surface area contributed by atoms with Gasteiger partial charge in [0.15, 0.2) is 0 Å². The fourth-order valence-electron chi connectivity index (χ4n) is 3.89. The van der Waals surface area contributed by atoms with Gasteiger partial charge >= 0.3 is 6.09 Å². The van der Waals surface area contributed by atoms with Crippen LogP contribution in [0.25, 0.3) is 0 Å². The molecule has 0 rings (SSSR count). The number of primary amides is 1. The number of amides is 3. The SMILES string of the molecule is CCCCCCCC/C=C\CCCCCCCC(=O)NC(CCCCNC(=O)OC(C)(C)C)C(N)=O. The van der Waals surface area contributed by atoms with E-state index in [0.29, 0.717) is 32.2 Å². The van der Waals surface area contributed by atoms with E-state index in [1.807, 2.05) is 20.8 Å². The van der Waals surface area contributed by atoms with Crippen LogP contribution in [0.3, 0.4) is 0 Å². The number of nitrogens with two attached hydrogens (primary N) is 1. The molecular weight excluding hydrogens is 454 g/mol. The number of hydrogen-bond acceptors (Lipinski definition) is 4. The zero-order valence-electron chi connectivity index (χ0n) is 23.7. The Hall–Kier alpha value is -2.05. The van der Waals surface area contributed by atoms with Gasteiger partial charge in [-0.25, -0.2) is 4.79 Å². The fraction of sp³-hybridized carbons (Fsp3) is 0.828. The van der Waals surface area contributed by atoms with E-state index in [1.54, 1.807) is 0 Å². The van der Waals surface area contributed by atoms with E-state index in [4.69, 9.17) is 10.5 Å². The summed E-state index contributed by atoms with van der Waals surface area (Å²) < 4.78 is 5.18. The second-order valence-electron chi connectivity index (χ2n) is 10.8. The van der Waals surface area contributed by atoms with Crippen LogP contribution in [0.4, 0.5) is 4.79 Å². The maximum absolute atomic E-state index is 12.2. The van der Waals surface area contributed by atoms with Crippen LogP contribution < -0.4 is 16.4 Å². The van der Waals surface area contributed by atoms with Gasteiger partial charge in [-0.05, 0) is 72.1 Å². The molecule has 0 spiro atoms. The van der Waals surface area contributed by atoms with Gasteiger partial charge in [-0.1, -0.05) is 70.4 Å². The molecule has 0 saturated heterocycles. The summed E-state index contributed by atoms with van der Waals surface area (Å²) in [7, 11) is 0. The van der Waals surface area contributed by atoms with E-state index in [1.165, 1.54) is 57.8 Å². The van der Waals surface area contributed by atoms with Gasteiger partial charge in [0.2, 0.25) is 11.8 Å². The van der Waals surface area contributed by atoms with E-state index in [9.17, 15) is 14.4 Å². The second kappa shape index (κ2) is 22.2. The van der Waals surface area contributed by atoms with Crippen LogP contribution in [0.2, 0.25) is 0 Å². The van der Waals surface area contributed by atoms with Crippen molar-refractivity contribution in [2.75, 3.05) is 6.54 Å². The van der Waals surface area contributed by atoms with Gasteiger partial charge in [0.25, 0.3) is 0 Å². The molecule has 36 heavy (non-hydrogen) atoms. The lowest BCUT2D eigenvalue weighted by atomic mass is 10.1. The Morgan fingerprint density at radius 1 is 0.806 bits per heavy atom. The van der Waals surface area contributed by atoms with E-state index < -0.39 is 23.6 Å². The van der Waals surface area contributed by atoms with Crippen LogP contribution in [0.5, 0.6) is 0 Å².